The minimum Gasteiger partial charge on any atom is -0.336 e. The molecule has 0 aromatic heterocycles. The van der Waals surface area contributed by atoms with Gasteiger partial charge >= 0.3 is 0 Å². The zero-order valence-corrected chi connectivity index (χ0v) is 17.6. The standard InChI is InChI=1S/C23H27ClN2O2/c1-14(2)26(13-17-8-6-5-7-9-17)23(28)19-12-18(19)22(27)25-21-16(4)10-15(3)11-20(21)24/h5-11,14,18-19H,12-13H2,1-4H3,(H,25,27). The quantitative estimate of drug-likeness (QED) is 0.746. The highest BCUT2D eigenvalue weighted by Gasteiger charge is 2.50. The lowest BCUT2D eigenvalue weighted by Gasteiger charge is -2.27. The second-order valence-electron chi connectivity index (χ2n) is 7.92. The summed E-state index contributed by atoms with van der Waals surface area (Å²) in [6, 6.07) is 13.8. The fourth-order valence-corrected chi connectivity index (χ4v) is 3.92. The molecular formula is C23H27ClN2O2. The summed E-state index contributed by atoms with van der Waals surface area (Å²) in [6.45, 7) is 8.46. The van der Waals surface area contributed by atoms with Gasteiger partial charge in [-0.1, -0.05) is 48.0 Å². The second-order valence-corrected chi connectivity index (χ2v) is 8.33. The van der Waals surface area contributed by atoms with E-state index in [0.29, 0.717) is 23.7 Å². The van der Waals surface area contributed by atoms with Crippen molar-refractivity contribution in [1.82, 2.24) is 4.90 Å². The van der Waals surface area contributed by atoms with Gasteiger partial charge in [0.2, 0.25) is 11.8 Å². The van der Waals surface area contributed by atoms with E-state index in [4.69, 9.17) is 11.6 Å². The molecule has 1 aliphatic rings. The molecule has 2 atom stereocenters. The van der Waals surface area contributed by atoms with Gasteiger partial charge in [-0.05, 0) is 56.9 Å². The Balaban J connectivity index is 1.66. The van der Waals surface area contributed by atoms with Gasteiger partial charge in [0.05, 0.1) is 22.5 Å². The molecule has 1 saturated carbocycles. The van der Waals surface area contributed by atoms with Crippen molar-refractivity contribution in [1.29, 1.82) is 0 Å². The van der Waals surface area contributed by atoms with E-state index < -0.39 is 0 Å². The number of benzene rings is 2. The number of aryl methyl sites for hydroxylation is 2. The Morgan fingerprint density at radius 2 is 1.82 bits per heavy atom. The third-order valence-electron chi connectivity index (χ3n) is 5.23. The average Bonchev–Trinajstić information content (AvgIpc) is 3.43. The Morgan fingerprint density at radius 1 is 1.14 bits per heavy atom. The molecule has 2 aromatic rings. The summed E-state index contributed by atoms with van der Waals surface area (Å²) < 4.78 is 0. The highest BCUT2D eigenvalue weighted by atomic mass is 35.5. The fourth-order valence-electron chi connectivity index (χ4n) is 3.56. The SMILES string of the molecule is Cc1cc(C)c(NC(=O)C2CC2C(=O)N(Cc2ccccc2)C(C)C)c(Cl)c1. The van der Waals surface area contributed by atoms with E-state index >= 15 is 0 Å². The molecule has 1 aliphatic carbocycles. The van der Waals surface area contributed by atoms with Gasteiger partial charge in [-0.25, -0.2) is 0 Å². The van der Waals surface area contributed by atoms with Crippen molar-refractivity contribution >= 4 is 29.1 Å². The van der Waals surface area contributed by atoms with E-state index in [1.54, 1.807) is 0 Å². The Hall–Kier alpha value is -2.33. The summed E-state index contributed by atoms with van der Waals surface area (Å²) >= 11 is 6.30. The smallest absolute Gasteiger partial charge is 0.228 e. The zero-order chi connectivity index (χ0) is 20.4. The zero-order valence-electron chi connectivity index (χ0n) is 16.8. The lowest BCUT2D eigenvalue weighted by Crippen LogP contribution is -2.38. The molecule has 0 radical (unpaired) electrons. The summed E-state index contributed by atoms with van der Waals surface area (Å²) in [7, 11) is 0. The van der Waals surface area contributed by atoms with Crippen LogP contribution in [0.25, 0.3) is 0 Å². The van der Waals surface area contributed by atoms with Gasteiger partial charge in [0.1, 0.15) is 0 Å². The minimum atomic E-state index is -0.290. The normalized spacial score (nSPS) is 18.1. The van der Waals surface area contributed by atoms with Gasteiger partial charge in [-0.15, -0.1) is 0 Å². The van der Waals surface area contributed by atoms with Crippen LogP contribution in [-0.4, -0.2) is 22.8 Å². The van der Waals surface area contributed by atoms with E-state index in [1.807, 2.05) is 75.1 Å². The number of halogens is 1. The Kier molecular flexibility index (Phi) is 6.09. The molecule has 0 spiro atoms. The maximum atomic E-state index is 13.0. The van der Waals surface area contributed by atoms with E-state index in [-0.39, 0.29) is 29.7 Å². The minimum absolute atomic E-state index is 0.0470. The predicted molar refractivity (Wildman–Crippen MR) is 113 cm³/mol. The molecule has 1 N–H and O–H groups in total. The number of hydrogen-bond donors (Lipinski definition) is 1. The molecule has 3 rings (SSSR count). The van der Waals surface area contributed by atoms with Crippen LogP contribution in [0.4, 0.5) is 5.69 Å². The number of carbonyl (C=O) groups excluding carboxylic acids is 2. The lowest BCUT2D eigenvalue weighted by molar-refractivity contribution is -0.136. The number of hydrogen-bond acceptors (Lipinski definition) is 2. The van der Waals surface area contributed by atoms with Crippen molar-refractivity contribution < 1.29 is 9.59 Å². The van der Waals surface area contributed by atoms with Gasteiger partial charge in [-0.2, -0.15) is 0 Å². The monoisotopic (exact) mass is 398 g/mol. The predicted octanol–water partition coefficient (Wildman–Crippen LogP) is 4.97. The average molecular weight is 399 g/mol. The molecule has 4 nitrogen and oxygen atoms in total. The van der Waals surface area contributed by atoms with E-state index in [0.717, 1.165) is 16.7 Å². The molecule has 0 bridgehead atoms. The van der Waals surface area contributed by atoms with Crippen LogP contribution < -0.4 is 5.32 Å². The molecule has 148 valence electrons. The summed E-state index contributed by atoms with van der Waals surface area (Å²) in [5.74, 6) is -0.627. The molecule has 5 heteroatoms. The third-order valence-corrected chi connectivity index (χ3v) is 5.52. The van der Waals surface area contributed by atoms with Gasteiger partial charge in [0.15, 0.2) is 0 Å². The first-order chi connectivity index (χ1) is 13.3. The summed E-state index contributed by atoms with van der Waals surface area (Å²) in [4.78, 5) is 27.6. The second kappa shape index (κ2) is 8.36. The van der Waals surface area contributed by atoms with Crippen molar-refractivity contribution in [2.24, 2.45) is 11.8 Å². The van der Waals surface area contributed by atoms with E-state index in [1.165, 1.54) is 0 Å². The topological polar surface area (TPSA) is 49.4 Å². The van der Waals surface area contributed by atoms with E-state index in [2.05, 4.69) is 5.32 Å². The van der Waals surface area contributed by atoms with Crippen LogP contribution in [0.5, 0.6) is 0 Å². The number of nitrogens with zero attached hydrogens (tertiary/aromatic N) is 1. The Morgan fingerprint density at radius 3 is 2.43 bits per heavy atom. The molecular weight excluding hydrogens is 372 g/mol. The first-order valence-corrected chi connectivity index (χ1v) is 10.1. The molecule has 0 saturated heterocycles. The summed E-state index contributed by atoms with van der Waals surface area (Å²) in [6.07, 6.45) is 0.588. The Labute approximate surface area is 171 Å². The highest BCUT2D eigenvalue weighted by Crippen LogP contribution is 2.42. The van der Waals surface area contributed by atoms with Gasteiger partial charge in [0.25, 0.3) is 0 Å². The fraction of sp³-hybridized carbons (Fsp3) is 0.391. The van der Waals surface area contributed by atoms with Crippen molar-refractivity contribution in [3.63, 3.8) is 0 Å². The largest absolute Gasteiger partial charge is 0.336 e. The van der Waals surface area contributed by atoms with Crippen molar-refractivity contribution in [3.05, 3.63) is 64.2 Å². The molecule has 0 aliphatic heterocycles. The molecule has 2 amide bonds. The molecule has 2 unspecified atom stereocenters. The molecule has 2 aromatic carbocycles. The Bertz CT molecular complexity index is 856. The summed E-state index contributed by atoms with van der Waals surface area (Å²) in [5.41, 5.74) is 3.71. The van der Waals surface area contributed by atoms with Gasteiger partial charge in [-0.3, -0.25) is 9.59 Å². The van der Waals surface area contributed by atoms with Crippen molar-refractivity contribution in [3.8, 4) is 0 Å². The number of anilines is 1. The number of amides is 2. The number of nitrogens with one attached hydrogen (secondary N) is 1. The van der Waals surface area contributed by atoms with Crippen molar-refractivity contribution in [2.45, 2.75) is 46.7 Å². The highest BCUT2D eigenvalue weighted by molar-refractivity contribution is 6.34. The first kappa shape index (κ1) is 20.4. The van der Waals surface area contributed by atoms with E-state index in [9.17, 15) is 9.59 Å². The van der Waals surface area contributed by atoms with Crippen LogP contribution in [0.1, 0.15) is 37.0 Å². The third kappa shape index (κ3) is 4.56. The summed E-state index contributed by atoms with van der Waals surface area (Å²) in [5, 5.41) is 3.46. The lowest BCUT2D eigenvalue weighted by atomic mass is 10.1. The number of rotatable bonds is 6. The van der Waals surface area contributed by atoms with Crippen molar-refractivity contribution in [2.75, 3.05) is 5.32 Å². The van der Waals surface area contributed by atoms with Crippen LogP contribution in [0.2, 0.25) is 5.02 Å². The first-order valence-electron chi connectivity index (χ1n) is 9.70. The van der Waals surface area contributed by atoms with Crippen LogP contribution in [-0.2, 0) is 16.1 Å². The van der Waals surface area contributed by atoms with Gasteiger partial charge in [0, 0.05) is 12.6 Å². The van der Waals surface area contributed by atoms with Crippen LogP contribution in [0.3, 0.4) is 0 Å². The molecule has 0 heterocycles. The van der Waals surface area contributed by atoms with Crippen LogP contribution in [0, 0.1) is 25.7 Å². The molecule has 1 fully saturated rings. The molecule has 28 heavy (non-hydrogen) atoms. The maximum absolute atomic E-state index is 13.0. The van der Waals surface area contributed by atoms with Crippen LogP contribution in [0.15, 0.2) is 42.5 Å². The van der Waals surface area contributed by atoms with Gasteiger partial charge < -0.3 is 10.2 Å². The van der Waals surface area contributed by atoms with Crippen LogP contribution >= 0.6 is 11.6 Å². The maximum Gasteiger partial charge on any atom is 0.228 e. The number of carbonyl (C=O) groups is 2.